The number of rotatable bonds is 4. The van der Waals surface area contributed by atoms with Crippen LogP contribution in [0.15, 0.2) is 48.7 Å². The Morgan fingerprint density at radius 1 is 1.20 bits per heavy atom. The van der Waals surface area contributed by atoms with Crippen molar-refractivity contribution in [2.24, 2.45) is 0 Å². The number of benzene rings is 1. The smallest absolute Gasteiger partial charge is 0.269 e. The molecule has 0 radical (unpaired) electrons. The molecule has 2 aromatic rings. The second-order valence-electron chi connectivity index (χ2n) is 5.41. The van der Waals surface area contributed by atoms with E-state index in [0.29, 0.717) is 17.9 Å². The molecule has 0 saturated carbocycles. The quantitative estimate of drug-likeness (QED) is 0.895. The minimum atomic E-state index is -0.186. The summed E-state index contributed by atoms with van der Waals surface area (Å²) in [6.45, 7) is 4.74. The second-order valence-corrected chi connectivity index (χ2v) is 5.41. The number of hydrogen-bond donors (Lipinski definition) is 2. The third kappa shape index (κ3) is 3.35. The zero-order chi connectivity index (χ0) is 14.6. The SMILES string of the molecule is CC(C)(CNC(=O)c1ccc(N)cn1)c1ccccc1. The van der Waals surface area contributed by atoms with Crippen molar-refractivity contribution in [2.75, 3.05) is 12.3 Å². The zero-order valence-corrected chi connectivity index (χ0v) is 11.8. The predicted octanol–water partition coefficient (Wildman–Crippen LogP) is 2.37. The molecule has 0 unspecified atom stereocenters. The molecule has 4 heteroatoms. The van der Waals surface area contributed by atoms with E-state index >= 15 is 0 Å². The van der Waals surface area contributed by atoms with Gasteiger partial charge in [0, 0.05) is 12.0 Å². The molecule has 0 aliphatic rings. The summed E-state index contributed by atoms with van der Waals surface area (Å²) in [5, 5.41) is 2.91. The summed E-state index contributed by atoms with van der Waals surface area (Å²) in [5.41, 5.74) is 7.53. The lowest BCUT2D eigenvalue weighted by Crippen LogP contribution is -2.37. The molecule has 0 aliphatic carbocycles. The van der Waals surface area contributed by atoms with Crippen LogP contribution >= 0.6 is 0 Å². The van der Waals surface area contributed by atoms with Crippen LogP contribution in [0.4, 0.5) is 5.69 Å². The lowest BCUT2D eigenvalue weighted by atomic mass is 9.84. The van der Waals surface area contributed by atoms with Crippen molar-refractivity contribution < 1.29 is 4.79 Å². The maximum absolute atomic E-state index is 12.0. The van der Waals surface area contributed by atoms with Gasteiger partial charge in [-0.05, 0) is 17.7 Å². The lowest BCUT2D eigenvalue weighted by Gasteiger charge is -2.25. The minimum Gasteiger partial charge on any atom is -0.397 e. The van der Waals surface area contributed by atoms with Gasteiger partial charge in [-0.15, -0.1) is 0 Å². The Balaban J connectivity index is 2.01. The van der Waals surface area contributed by atoms with Gasteiger partial charge in [-0.25, -0.2) is 4.98 Å². The van der Waals surface area contributed by atoms with Crippen molar-refractivity contribution in [1.82, 2.24) is 10.3 Å². The fraction of sp³-hybridized carbons (Fsp3) is 0.250. The number of anilines is 1. The van der Waals surface area contributed by atoms with E-state index < -0.39 is 0 Å². The van der Waals surface area contributed by atoms with Gasteiger partial charge in [0.1, 0.15) is 5.69 Å². The van der Waals surface area contributed by atoms with Gasteiger partial charge in [0.25, 0.3) is 5.91 Å². The van der Waals surface area contributed by atoms with Crippen LogP contribution in [0.1, 0.15) is 29.9 Å². The maximum Gasteiger partial charge on any atom is 0.269 e. The zero-order valence-electron chi connectivity index (χ0n) is 11.8. The first-order valence-corrected chi connectivity index (χ1v) is 6.54. The van der Waals surface area contributed by atoms with Crippen molar-refractivity contribution in [3.8, 4) is 0 Å². The standard InChI is InChI=1S/C16H19N3O/c1-16(2,12-6-4-3-5-7-12)11-19-15(20)14-9-8-13(17)10-18-14/h3-10H,11,17H2,1-2H3,(H,19,20). The van der Waals surface area contributed by atoms with Crippen LogP contribution in [0, 0.1) is 0 Å². The van der Waals surface area contributed by atoms with E-state index in [0.717, 1.165) is 0 Å². The topological polar surface area (TPSA) is 68.0 Å². The summed E-state index contributed by atoms with van der Waals surface area (Å²) in [4.78, 5) is 16.0. The summed E-state index contributed by atoms with van der Waals surface area (Å²) in [6.07, 6.45) is 1.48. The van der Waals surface area contributed by atoms with Gasteiger partial charge in [0.05, 0.1) is 11.9 Å². The molecule has 104 valence electrons. The molecule has 1 aromatic heterocycles. The summed E-state index contributed by atoms with van der Waals surface area (Å²) < 4.78 is 0. The molecule has 4 nitrogen and oxygen atoms in total. The first-order valence-electron chi connectivity index (χ1n) is 6.54. The largest absolute Gasteiger partial charge is 0.397 e. The van der Waals surface area contributed by atoms with E-state index in [9.17, 15) is 4.79 Å². The van der Waals surface area contributed by atoms with Crippen LogP contribution < -0.4 is 11.1 Å². The lowest BCUT2D eigenvalue weighted by molar-refractivity contribution is 0.0940. The number of amides is 1. The van der Waals surface area contributed by atoms with Gasteiger partial charge in [0.15, 0.2) is 0 Å². The highest BCUT2D eigenvalue weighted by atomic mass is 16.1. The molecule has 1 heterocycles. The Labute approximate surface area is 119 Å². The highest BCUT2D eigenvalue weighted by molar-refractivity contribution is 5.92. The third-order valence-electron chi connectivity index (χ3n) is 3.27. The average Bonchev–Trinajstić information content (AvgIpc) is 2.46. The molecule has 0 bridgehead atoms. The Morgan fingerprint density at radius 2 is 1.90 bits per heavy atom. The highest BCUT2D eigenvalue weighted by Crippen LogP contribution is 2.21. The van der Waals surface area contributed by atoms with Crippen molar-refractivity contribution in [3.63, 3.8) is 0 Å². The van der Waals surface area contributed by atoms with Gasteiger partial charge >= 0.3 is 0 Å². The Bertz CT molecular complexity index is 576. The van der Waals surface area contributed by atoms with Crippen LogP contribution in [0.3, 0.4) is 0 Å². The van der Waals surface area contributed by atoms with Gasteiger partial charge in [-0.1, -0.05) is 44.2 Å². The fourth-order valence-electron chi connectivity index (χ4n) is 1.92. The molecule has 1 aromatic carbocycles. The maximum atomic E-state index is 12.0. The molecule has 0 saturated heterocycles. The van der Waals surface area contributed by atoms with E-state index in [1.165, 1.54) is 11.8 Å². The van der Waals surface area contributed by atoms with Crippen molar-refractivity contribution in [3.05, 3.63) is 59.9 Å². The van der Waals surface area contributed by atoms with Crippen LogP contribution in [0.2, 0.25) is 0 Å². The molecular formula is C16H19N3O. The number of pyridine rings is 1. The van der Waals surface area contributed by atoms with Crippen molar-refractivity contribution in [2.45, 2.75) is 19.3 Å². The number of hydrogen-bond acceptors (Lipinski definition) is 3. The summed E-state index contributed by atoms with van der Waals surface area (Å²) >= 11 is 0. The van der Waals surface area contributed by atoms with Crippen molar-refractivity contribution >= 4 is 11.6 Å². The molecular weight excluding hydrogens is 250 g/mol. The Morgan fingerprint density at radius 3 is 2.50 bits per heavy atom. The fourth-order valence-corrected chi connectivity index (χ4v) is 1.92. The van der Waals surface area contributed by atoms with Crippen LogP contribution in [-0.4, -0.2) is 17.4 Å². The van der Waals surface area contributed by atoms with E-state index in [2.05, 4.69) is 36.3 Å². The molecule has 1 amide bonds. The van der Waals surface area contributed by atoms with Crippen LogP contribution in [0.25, 0.3) is 0 Å². The first-order chi connectivity index (χ1) is 9.49. The van der Waals surface area contributed by atoms with E-state index in [-0.39, 0.29) is 11.3 Å². The van der Waals surface area contributed by atoms with Crippen LogP contribution in [0.5, 0.6) is 0 Å². The number of nitrogens with zero attached hydrogens (tertiary/aromatic N) is 1. The monoisotopic (exact) mass is 269 g/mol. The van der Waals surface area contributed by atoms with Gasteiger partial charge in [-0.2, -0.15) is 0 Å². The molecule has 0 atom stereocenters. The number of nitrogens with one attached hydrogen (secondary N) is 1. The number of nitrogen functional groups attached to an aromatic ring is 1. The number of carbonyl (C=O) groups is 1. The van der Waals surface area contributed by atoms with Gasteiger partial charge in [-0.3, -0.25) is 4.79 Å². The molecule has 0 spiro atoms. The highest BCUT2D eigenvalue weighted by Gasteiger charge is 2.21. The number of carbonyl (C=O) groups excluding carboxylic acids is 1. The summed E-state index contributed by atoms with van der Waals surface area (Å²) in [7, 11) is 0. The van der Waals surface area contributed by atoms with Gasteiger partial charge in [0.2, 0.25) is 0 Å². The average molecular weight is 269 g/mol. The van der Waals surface area contributed by atoms with Crippen LogP contribution in [-0.2, 0) is 5.41 Å². The third-order valence-corrected chi connectivity index (χ3v) is 3.27. The number of aromatic nitrogens is 1. The molecule has 0 aliphatic heterocycles. The first kappa shape index (κ1) is 14.1. The second kappa shape index (κ2) is 5.74. The Kier molecular flexibility index (Phi) is 4.03. The van der Waals surface area contributed by atoms with Gasteiger partial charge < -0.3 is 11.1 Å². The van der Waals surface area contributed by atoms with E-state index in [1.807, 2.05) is 18.2 Å². The summed E-state index contributed by atoms with van der Waals surface area (Å²) in [5.74, 6) is -0.186. The molecule has 3 N–H and O–H groups in total. The van der Waals surface area contributed by atoms with E-state index in [4.69, 9.17) is 5.73 Å². The number of nitrogens with two attached hydrogens (primary N) is 1. The molecule has 20 heavy (non-hydrogen) atoms. The summed E-state index contributed by atoms with van der Waals surface area (Å²) in [6, 6.07) is 13.4. The normalized spacial score (nSPS) is 11.1. The van der Waals surface area contributed by atoms with Crippen molar-refractivity contribution in [1.29, 1.82) is 0 Å². The predicted molar refractivity (Wildman–Crippen MR) is 80.5 cm³/mol. The molecule has 2 rings (SSSR count). The Hall–Kier alpha value is -2.36. The minimum absolute atomic E-state index is 0.134. The molecule has 0 fully saturated rings. The van der Waals surface area contributed by atoms with E-state index in [1.54, 1.807) is 12.1 Å².